The molecule has 0 aliphatic heterocycles. The lowest BCUT2D eigenvalue weighted by atomic mass is 10.2. The molecule has 0 spiro atoms. The minimum atomic E-state index is -4.04. The number of benzene rings is 2. The van der Waals surface area contributed by atoms with Crippen molar-refractivity contribution < 1.29 is 18.1 Å². The van der Waals surface area contributed by atoms with Crippen LogP contribution >= 0.6 is 15.9 Å². The molecule has 144 valence electrons. The van der Waals surface area contributed by atoms with Crippen LogP contribution in [-0.4, -0.2) is 23.3 Å². The van der Waals surface area contributed by atoms with Gasteiger partial charge < -0.3 is 4.74 Å². The number of hydrogen-bond donors (Lipinski definition) is 1. The number of non-ortho nitro benzene ring substituents is 1. The molecule has 2 aromatic carbocycles. The molecule has 0 saturated heterocycles. The monoisotopic (exact) mass is 464 g/mol. The summed E-state index contributed by atoms with van der Waals surface area (Å²) in [5.74, 6) is -0.110. The molecule has 0 fully saturated rings. The lowest BCUT2D eigenvalue weighted by Gasteiger charge is -2.12. The SMILES string of the molecule is O=[N+]([O-])c1ccc(S(=O)(=O)Nc2ncc(Br)nc2OCc2ccccc2)cc1. The normalized spacial score (nSPS) is 11.0. The van der Waals surface area contributed by atoms with Gasteiger partial charge in [0.05, 0.1) is 16.0 Å². The number of nitrogens with one attached hydrogen (secondary N) is 1. The van der Waals surface area contributed by atoms with Gasteiger partial charge in [0.15, 0.2) is 0 Å². The molecule has 1 aromatic heterocycles. The second-order valence-corrected chi connectivity index (χ2v) is 7.97. The van der Waals surface area contributed by atoms with E-state index in [0.29, 0.717) is 4.60 Å². The first-order valence-corrected chi connectivity index (χ1v) is 10.1. The van der Waals surface area contributed by atoms with Gasteiger partial charge in [-0.2, -0.15) is 0 Å². The van der Waals surface area contributed by atoms with Crippen LogP contribution in [0.5, 0.6) is 5.88 Å². The number of aromatic nitrogens is 2. The summed E-state index contributed by atoms with van der Waals surface area (Å²) in [4.78, 5) is 18.1. The summed E-state index contributed by atoms with van der Waals surface area (Å²) in [6, 6.07) is 13.8. The zero-order valence-corrected chi connectivity index (χ0v) is 16.6. The van der Waals surface area contributed by atoms with E-state index in [4.69, 9.17) is 4.74 Å². The topological polar surface area (TPSA) is 124 Å². The third-order valence-corrected chi connectivity index (χ3v) is 5.26. The lowest BCUT2D eigenvalue weighted by molar-refractivity contribution is -0.384. The summed E-state index contributed by atoms with van der Waals surface area (Å²) in [5, 5.41) is 10.7. The number of sulfonamides is 1. The van der Waals surface area contributed by atoms with E-state index < -0.39 is 14.9 Å². The van der Waals surface area contributed by atoms with Crippen molar-refractivity contribution in [3.05, 3.63) is 81.1 Å². The Morgan fingerprint density at radius 2 is 1.79 bits per heavy atom. The summed E-state index contributed by atoms with van der Waals surface area (Å²) in [6.07, 6.45) is 1.32. The molecule has 0 atom stereocenters. The van der Waals surface area contributed by atoms with Crippen molar-refractivity contribution in [3.63, 3.8) is 0 Å². The van der Waals surface area contributed by atoms with Crippen LogP contribution in [-0.2, 0) is 16.6 Å². The van der Waals surface area contributed by atoms with Crippen LogP contribution in [0.3, 0.4) is 0 Å². The van der Waals surface area contributed by atoms with E-state index in [-0.39, 0.29) is 28.9 Å². The number of rotatable bonds is 7. The molecule has 0 aliphatic rings. The number of ether oxygens (including phenoxy) is 1. The fraction of sp³-hybridized carbons (Fsp3) is 0.0588. The highest BCUT2D eigenvalue weighted by atomic mass is 79.9. The minimum absolute atomic E-state index is 0.0104. The van der Waals surface area contributed by atoms with Crippen LogP contribution in [0.15, 0.2) is 70.3 Å². The summed E-state index contributed by atoms with van der Waals surface area (Å²) < 4.78 is 33.4. The molecule has 9 nitrogen and oxygen atoms in total. The number of nitro groups is 1. The second-order valence-electron chi connectivity index (χ2n) is 5.48. The Bertz CT molecular complexity index is 1090. The highest BCUT2D eigenvalue weighted by molar-refractivity contribution is 9.10. The Balaban J connectivity index is 1.83. The van der Waals surface area contributed by atoms with Gasteiger partial charge in [0.1, 0.15) is 11.2 Å². The zero-order chi connectivity index (χ0) is 20.1. The van der Waals surface area contributed by atoms with Gasteiger partial charge >= 0.3 is 0 Å². The Kier molecular flexibility index (Phi) is 5.85. The van der Waals surface area contributed by atoms with E-state index in [9.17, 15) is 18.5 Å². The molecular formula is C17H13BrN4O5S. The van der Waals surface area contributed by atoms with E-state index in [0.717, 1.165) is 29.8 Å². The minimum Gasteiger partial charge on any atom is -0.470 e. The Hall–Kier alpha value is -3.05. The maximum Gasteiger partial charge on any atom is 0.269 e. The number of halogens is 1. The number of nitrogens with zero attached hydrogens (tertiary/aromatic N) is 3. The van der Waals surface area contributed by atoms with Crippen molar-refractivity contribution in [1.82, 2.24) is 9.97 Å². The van der Waals surface area contributed by atoms with E-state index in [1.54, 1.807) is 0 Å². The highest BCUT2D eigenvalue weighted by Gasteiger charge is 2.20. The zero-order valence-electron chi connectivity index (χ0n) is 14.1. The molecule has 0 bridgehead atoms. The summed E-state index contributed by atoms with van der Waals surface area (Å²) in [5.41, 5.74) is 0.655. The molecular weight excluding hydrogens is 452 g/mol. The maximum atomic E-state index is 12.6. The predicted molar refractivity (Wildman–Crippen MR) is 104 cm³/mol. The molecule has 1 N–H and O–H groups in total. The first kappa shape index (κ1) is 19.7. The Morgan fingerprint density at radius 1 is 1.11 bits per heavy atom. The van der Waals surface area contributed by atoms with Crippen molar-refractivity contribution in [2.45, 2.75) is 11.5 Å². The van der Waals surface area contributed by atoms with Gasteiger partial charge in [0.25, 0.3) is 21.6 Å². The van der Waals surface area contributed by atoms with Gasteiger partial charge in [-0.1, -0.05) is 30.3 Å². The predicted octanol–water partition coefficient (Wildman–Crippen LogP) is 3.53. The number of hydrogen-bond acceptors (Lipinski definition) is 7. The van der Waals surface area contributed by atoms with Crippen molar-refractivity contribution in [3.8, 4) is 5.88 Å². The van der Waals surface area contributed by atoms with Gasteiger partial charge in [0, 0.05) is 12.1 Å². The quantitative estimate of drug-likeness (QED) is 0.418. The molecule has 0 amide bonds. The van der Waals surface area contributed by atoms with Crippen molar-refractivity contribution in [1.29, 1.82) is 0 Å². The molecule has 0 saturated carbocycles. The van der Waals surface area contributed by atoms with Gasteiger partial charge in [-0.15, -0.1) is 0 Å². The smallest absolute Gasteiger partial charge is 0.269 e. The second kappa shape index (κ2) is 8.31. The fourth-order valence-corrected chi connectivity index (χ4v) is 3.45. The van der Waals surface area contributed by atoms with Crippen LogP contribution < -0.4 is 9.46 Å². The fourth-order valence-electron chi connectivity index (χ4n) is 2.18. The maximum absolute atomic E-state index is 12.6. The summed E-state index contributed by atoms with van der Waals surface area (Å²) >= 11 is 3.17. The molecule has 3 rings (SSSR count). The van der Waals surface area contributed by atoms with Gasteiger partial charge in [0.2, 0.25) is 5.82 Å². The number of anilines is 1. The molecule has 0 aliphatic carbocycles. The first-order chi connectivity index (χ1) is 13.3. The molecule has 3 aromatic rings. The van der Waals surface area contributed by atoms with E-state index >= 15 is 0 Å². The average Bonchev–Trinajstić information content (AvgIpc) is 2.69. The van der Waals surface area contributed by atoms with Crippen molar-refractivity contribution in [2.75, 3.05) is 4.72 Å². The molecule has 0 unspecified atom stereocenters. The lowest BCUT2D eigenvalue weighted by Crippen LogP contribution is -2.15. The largest absolute Gasteiger partial charge is 0.470 e. The molecule has 1 heterocycles. The van der Waals surface area contributed by atoms with Gasteiger partial charge in [-0.25, -0.2) is 18.4 Å². The van der Waals surface area contributed by atoms with Crippen LogP contribution in [0.4, 0.5) is 11.5 Å². The number of nitro benzene ring substituents is 1. The Labute approximate surface area is 168 Å². The first-order valence-electron chi connectivity index (χ1n) is 7.82. The summed E-state index contributed by atoms with van der Waals surface area (Å²) in [6.45, 7) is 0.165. The van der Waals surface area contributed by atoms with E-state index in [1.165, 1.54) is 6.20 Å². The molecule has 11 heteroatoms. The molecule has 0 radical (unpaired) electrons. The van der Waals surface area contributed by atoms with Crippen LogP contribution in [0.2, 0.25) is 0 Å². The third kappa shape index (κ3) is 4.81. The Morgan fingerprint density at radius 3 is 2.43 bits per heavy atom. The van der Waals surface area contributed by atoms with Crippen molar-refractivity contribution in [2.24, 2.45) is 0 Å². The van der Waals surface area contributed by atoms with Gasteiger partial charge in [-0.05, 0) is 33.6 Å². The van der Waals surface area contributed by atoms with Crippen LogP contribution in [0.1, 0.15) is 5.56 Å². The third-order valence-electron chi connectivity index (χ3n) is 3.52. The molecule has 28 heavy (non-hydrogen) atoms. The standard InChI is InChI=1S/C17H13BrN4O5S/c18-15-10-19-16(17(20-15)27-11-12-4-2-1-3-5-12)21-28(25,26)14-8-6-13(7-9-14)22(23)24/h1-10H,11H2,(H,19,21). The van der Waals surface area contributed by atoms with Crippen LogP contribution in [0, 0.1) is 10.1 Å². The summed E-state index contributed by atoms with van der Waals surface area (Å²) in [7, 11) is -4.04. The van der Waals surface area contributed by atoms with Crippen molar-refractivity contribution >= 4 is 37.5 Å². The van der Waals surface area contributed by atoms with Gasteiger partial charge in [-0.3, -0.25) is 14.8 Å². The highest BCUT2D eigenvalue weighted by Crippen LogP contribution is 2.26. The average molecular weight is 465 g/mol. The van der Waals surface area contributed by atoms with E-state index in [2.05, 4.69) is 30.6 Å². The van der Waals surface area contributed by atoms with E-state index in [1.807, 2.05) is 30.3 Å². The van der Waals surface area contributed by atoms with Crippen LogP contribution in [0.25, 0.3) is 0 Å².